The molecule has 0 aliphatic carbocycles. The van der Waals surface area contributed by atoms with E-state index in [-0.39, 0.29) is 11.9 Å². The van der Waals surface area contributed by atoms with Crippen LogP contribution in [0.5, 0.6) is 0 Å². The molecule has 5 nitrogen and oxygen atoms in total. The van der Waals surface area contributed by atoms with Crippen molar-refractivity contribution in [1.29, 1.82) is 0 Å². The Morgan fingerprint density at radius 3 is 2.48 bits per heavy atom. The molecule has 0 spiro atoms. The number of ether oxygens (including phenoxy) is 1. The standard InChI is InChI=1S/C23H31N3O2S/c27-23(20-8-6-19(7-9-20)18-25-10-2-1-3-11-25)24-17-21(22-5-4-16-29-22)26-12-14-28-15-13-26/h4-9,16,21H,1-3,10-15,17-18H2,(H,24,27). The fourth-order valence-corrected chi connectivity index (χ4v) is 5.07. The number of rotatable bonds is 7. The summed E-state index contributed by atoms with van der Waals surface area (Å²) in [6.45, 7) is 7.31. The highest BCUT2D eigenvalue weighted by Crippen LogP contribution is 2.25. The van der Waals surface area contributed by atoms with E-state index in [1.807, 2.05) is 12.1 Å². The van der Waals surface area contributed by atoms with E-state index in [0.717, 1.165) is 38.4 Å². The molecule has 1 unspecified atom stereocenters. The molecule has 2 saturated heterocycles. The maximum atomic E-state index is 12.7. The third-order valence-electron chi connectivity index (χ3n) is 5.89. The smallest absolute Gasteiger partial charge is 0.251 e. The summed E-state index contributed by atoms with van der Waals surface area (Å²) < 4.78 is 5.50. The van der Waals surface area contributed by atoms with Gasteiger partial charge in [-0.1, -0.05) is 24.6 Å². The van der Waals surface area contributed by atoms with E-state index in [1.165, 1.54) is 42.8 Å². The fraction of sp³-hybridized carbons (Fsp3) is 0.522. The molecule has 0 saturated carbocycles. The third kappa shape index (κ3) is 5.66. The lowest BCUT2D eigenvalue weighted by Crippen LogP contribution is -2.43. The zero-order valence-electron chi connectivity index (χ0n) is 17.0. The third-order valence-corrected chi connectivity index (χ3v) is 6.86. The van der Waals surface area contributed by atoms with E-state index >= 15 is 0 Å². The molecule has 1 amide bonds. The lowest BCUT2D eigenvalue weighted by atomic mass is 10.1. The number of nitrogens with one attached hydrogen (secondary N) is 1. The molecule has 1 N–H and O–H groups in total. The summed E-state index contributed by atoms with van der Waals surface area (Å²) in [6, 6.07) is 12.6. The van der Waals surface area contributed by atoms with Crippen LogP contribution in [-0.2, 0) is 11.3 Å². The number of hydrogen-bond donors (Lipinski definition) is 1. The SMILES string of the molecule is O=C(NCC(c1cccs1)N1CCOCC1)c1ccc(CN2CCCCC2)cc1. The van der Waals surface area contributed by atoms with Crippen LogP contribution in [0, 0.1) is 0 Å². The molecule has 6 heteroatoms. The Balaban J connectivity index is 1.33. The number of benzene rings is 1. The molecule has 2 aromatic rings. The van der Waals surface area contributed by atoms with Crippen LogP contribution >= 0.6 is 11.3 Å². The van der Waals surface area contributed by atoms with Gasteiger partial charge < -0.3 is 10.1 Å². The number of piperidine rings is 1. The summed E-state index contributed by atoms with van der Waals surface area (Å²) >= 11 is 1.75. The normalized spacial score (nSPS) is 19.7. The molecule has 2 fully saturated rings. The first-order chi connectivity index (χ1) is 14.3. The van der Waals surface area contributed by atoms with Crippen molar-refractivity contribution in [2.75, 3.05) is 45.9 Å². The highest BCUT2D eigenvalue weighted by molar-refractivity contribution is 7.10. The van der Waals surface area contributed by atoms with Crippen molar-refractivity contribution in [3.05, 3.63) is 57.8 Å². The van der Waals surface area contributed by atoms with Crippen LogP contribution < -0.4 is 5.32 Å². The maximum Gasteiger partial charge on any atom is 0.251 e. The van der Waals surface area contributed by atoms with Gasteiger partial charge in [-0.05, 0) is 55.1 Å². The highest BCUT2D eigenvalue weighted by Gasteiger charge is 2.24. The lowest BCUT2D eigenvalue weighted by Gasteiger charge is -2.34. The van der Waals surface area contributed by atoms with E-state index in [4.69, 9.17) is 4.74 Å². The van der Waals surface area contributed by atoms with Gasteiger partial charge >= 0.3 is 0 Å². The largest absolute Gasteiger partial charge is 0.379 e. The van der Waals surface area contributed by atoms with Crippen molar-refractivity contribution in [3.63, 3.8) is 0 Å². The molecule has 29 heavy (non-hydrogen) atoms. The Kier molecular flexibility index (Phi) is 7.33. The Morgan fingerprint density at radius 2 is 1.79 bits per heavy atom. The molecule has 0 bridgehead atoms. The van der Waals surface area contributed by atoms with Crippen molar-refractivity contribution >= 4 is 17.2 Å². The van der Waals surface area contributed by atoms with Crippen LogP contribution in [0.1, 0.15) is 46.1 Å². The number of morpholine rings is 1. The van der Waals surface area contributed by atoms with Crippen LogP contribution in [0.15, 0.2) is 41.8 Å². The van der Waals surface area contributed by atoms with Crippen LogP contribution in [0.4, 0.5) is 0 Å². The molecule has 1 aromatic heterocycles. The van der Waals surface area contributed by atoms with Crippen molar-refractivity contribution in [2.45, 2.75) is 31.8 Å². The minimum absolute atomic E-state index is 0.00402. The van der Waals surface area contributed by atoms with Crippen LogP contribution in [0.3, 0.4) is 0 Å². The summed E-state index contributed by atoms with van der Waals surface area (Å²) in [7, 11) is 0. The van der Waals surface area contributed by atoms with Gasteiger partial charge in [-0.2, -0.15) is 0 Å². The van der Waals surface area contributed by atoms with Gasteiger partial charge in [-0.3, -0.25) is 14.6 Å². The second-order valence-electron chi connectivity index (χ2n) is 7.92. The lowest BCUT2D eigenvalue weighted by molar-refractivity contribution is 0.0169. The Labute approximate surface area is 177 Å². The quantitative estimate of drug-likeness (QED) is 0.754. The average molecular weight is 414 g/mol. The minimum atomic E-state index is 0.00402. The first kappa shape index (κ1) is 20.5. The zero-order chi connectivity index (χ0) is 19.9. The van der Waals surface area contributed by atoms with Crippen molar-refractivity contribution in [3.8, 4) is 0 Å². The minimum Gasteiger partial charge on any atom is -0.379 e. The number of likely N-dealkylation sites (tertiary alicyclic amines) is 1. The maximum absolute atomic E-state index is 12.7. The summed E-state index contributed by atoms with van der Waals surface area (Å²) in [5.41, 5.74) is 2.02. The van der Waals surface area contributed by atoms with Gasteiger partial charge in [0.25, 0.3) is 5.91 Å². The average Bonchev–Trinajstić information content (AvgIpc) is 3.30. The second kappa shape index (κ2) is 10.3. The first-order valence-electron chi connectivity index (χ1n) is 10.7. The molecule has 0 radical (unpaired) electrons. The molecule has 156 valence electrons. The van der Waals surface area contributed by atoms with E-state index in [9.17, 15) is 4.79 Å². The highest BCUT2D eigenvalue weighted by atomic mass is 32.1. The Morgan fingerprint density at radius 1 is 1.03 bits per heavy atom. The number of amides is 1. The molecule has 2 aliphatic rings. The molecular weight excluding hydrogens is 382 g/mol. The monoisotopic (exact) mass is 413 g/mol. The van der Waals surface area contributed by atoms with Crippen LogP contribution in [0.2, 0.25) is 0 Å². The predicted octanol–water partition coefficient (Wildman–Crippen LogP) is 3.54. The number of carbonyl (C=O) groups excluding carboxylic acids is 1. The van der Waals surface area contributed by atoms with Crippen molar-refractivity contribution < 1.29 is 9.53 Å². The number of hydrogen-bond acceptors (Lipinski definition) is 5. The molecule has 2 aliphatic heterocycles. The number of nitrogens with zero attached hydrogens (tertiary/aromatic N) is 2. The van der Waals surface area contributed by atoms with Gasteiger partial charge in [0.15, 0.2) is 0 Å². The topological polar surface area (TPSA) is 44.8 Å². The van der Waals surface area contributed by atoms with Gasteiger partial charge in [0.2, 0.25) is 0 Å². The van der Waals surface area contributed by atoms with Gasteiger partial charge in [0, 0.05) is 36.6 Å². The van der Waals surface area contributed by atoms with Gasteiger partial charge in [0.1, 0.15) is 0 Å². The molecular formula is C23H31N3O2S. The van der Waals surface area contributed by atoms with Gasteiger partial charge in [0.05, 0.1) is 19.3 Å². The number of carbonyl (C=O) groups is 1. The molecule has 1 atom stereocenters. The van der Waals surface area contributed by atoms with E-state index in [2.05, 4.69) is 44.8 Å². The molecule has 1 aromatic carbocycles. The fourth-order valence-electron chi connectivity index (χ4n) is 4.21. The Bertz CT molecular complexity index is 751. The van der Waals surface area contributed by atoms with Gasteiger partial charge in [-0.15, -0.1) is 11.3 Å². The summed E-state index contributed by atoms with van der Waals surface area (Å²) in [5.74, 6) is 0.00402. The van der Waals surface area contributed by atoms with Crippen LogP contribution in [-0.4, -0.2) is 61.6 Å². The zero-order valence-corrected chi connectivity index (χ0v) is 17.8. The van der Waals surface area contributed by atoms with E-state index in [0.29, 0.717) is 6.54 Å². The second-order valence-corrected chi connectivity index (χ2v) is 8.90. The molecule has 4 rings (SSSR count). The van der Waals surface area contributed by atoms with E-state index < -0.39 is 0 Å². The number of thiophene rings is 1. The molecule has 3 heterocycles. The first-order valence-corrected chi connectivity index (χ1v) is 11.6. The predicted molar refractivity (Wildman–Crippen MR) is 117 cm³/mol. The summed E-state index contributed by atoms with van der Waals surface area (Å²) in [6.07, 6.45) is 3.95. The summed E-state index contributed by atoms with van der Waals surface area (Å²) in [4.78, 5) is 19.0. The van der Waals surface area contributed by atoms with Gasteiger partial charge in [-0.25, -0.2) is 0 Å². The van der Waals surface area contributed by atoms with E-state index in [1.54, 1.807) is 11.3 Å². The Hall–Kier alpha value is -1.73. The van der Waals surface area contributed by atoms with Crippen molar-refractivity contribution in [2.24, 2.45) is 0 Å². The van der Waals surface area contributed by atoms with Crippen molar-refractivity contribution in [1.82, 2.24) is 15.1 Å². The van der Waals surface area contributed by atoms with Crippen LogP contribution in [0.25, 0.3) is 0 Å². The summed E-state index contributed by atoms with van der Waals surface area (Å²) in [5, 5.41) is 5.26.